The third kappa shape index (κ3) is 1.61. The highest BCUT2D eigenvalue weighted by atomic mass is 35.5. The molecule has 1 aromatic rings. The molecule has 0 saturated carbocycles. The number of hydrogen-bond acceptors (Lipinski definition) is 2. The molecular weight excluding hydrogens is 222 g/mol. The molecule has 2 heterocycles. The van der Waals surface area contributed by atoms with Crippen molar-refractivity contribution in [3.05, 3.63) is 28.8 Å². The predicted octanol–water partition coefficient (Wildman–Crippen LogP) is 2.74. The lowest BCUT2D eigenvalue weighted by atomic mass is 9.70. The molecule has 0 amide bonds. The Labute approximate surface area is 101 Å². The van der Waals surface area contributed by atoms with E-state index in [9.17, 15) is 0 Å². The van der Waals surface area contributed by atoms with Gasteiger partial charge in [0, 0.05) is 16.0 Å². The molecule has 2 nitrogen and oxygen atoms in total. The van der Waals surface area contributed by atoms with Gasteiger partial charge in [-0.05, 0) is 44.5 Å². The molecule has 2 aliphatic heterocycles. The summed E-state index contributed by atoms with van der Waals surface area (Å²) in [7, 11) is 0. The molecule has 0 atom stereocenters. The van der Waals surface area contributed by atoms with Crippen LogP contribution in [0.5, 0.6) is 5.75 Å². The van der Waals surface area contributed by atoms with Crippen LogP contribution < -0.4 is 10.1 Å². The molecule has 1 fully saturated rings. The minimum atomic E-state index is 0.337. The second kappa shape index (κ2) is 3.94. The van der Waals surface area contributed by atoms with Crippen LogP contribution in [0.25, 0.3) is 0 Å². The molecule has 86 valence electrons. The number of halogens is 1. The second-order valence-electron chi connectivity index (χ2n) is 4.77. The highest BCUT2D eigenvalue weighted by Gasteiger charge is 2.38. The Hall–Kier alpha value is -0.730. The van der Waals surface area contributed by atoms with Gasteiger partial charge in [0.25, 0.3) is 0 Å². The quantitative estimate of drug-likeness (QED) is 0.749. The van der Waals surface area contributed by atoms with Gasteiger partial charge in [0.2, 0.25) is 0 Å². The topological polar surface area (TPSA) is 21.3 Å². The van der Waals surface area contributed by atoms with Gasteiger partial charge in [0.15, 0.2) is 0 Å². The van der Waals surface area contributed by atoms with Crippen molar-refractivity contribution in [2.45, 2.75) is 24.7 Å². The van der Waals surface area contributed by atoms with Gasteiger partial charge in [-0.15, -0.1) is 0 Å². The van der Waals surface area contributed by atoms with Gasteiger partial charge in [0.1, 0.15) is 5.75 Å². The van der Waals surface area contributed by atoms with Gasteiger partial charge in [-0.3, -0.25) is 0 Å². The molecule has 1 saturated heterocycles. The maximum absolute atomic E-state index is 6.01. The first kappa shape index (κ1) is 10.4. The fourth-order valence-electron chi connectivity index (χ4n) is 2.97. The first-order valence-electron chi connectivity index (χ1n) is 5.94. The Morgan fingerprint density at radius 2 is 2.00 bits per heavy atom. The summed E-state index contributed by atoms with van der Waals surface area (Å²) in [6.07, 6.45) is 3.57. The Morgan fingerprint density at radius 1 is 1.19 bits per heavy atom. The average Bonchev–Trinajstić information content (AvgIpc) is 2.30. The van der Waals surface area contributed by atoms with Gasteiger partial charge < -0.3 is 10.1 Å². The van der Waals surface area contributed by atoms with Crippen LogP contribution in [0.4, 0.5) is 0 Å². The molecule has 1 N–H and O–H groups in total. The average molecular weight is 238 g/mol. The molecule has 3 rings (SSSR count). The van der Waals surface area contributed by atoms with Crippen molar-refractivity contribution < 1.29 is 4.74 Å². The van der Waals surface area contributed by atoms with Gasteiger partial charge in [0.05, 0.1) is 6.61 Å². The summed E-state index contributed by atoms with van der Waals surface area (Å²) in [5.41, 5.74) is 1.70. The van der Waals surface area contributed by atoms with Crippen molar-refractivity contribution in [2.75, 3.05) is 19.7 Å². The highest BCUT2D eigenvalue weighted by Crippen LogP contribution is 2.45. The lowest BCUT2D eigenvalue weighted by Crippen LogP contribution is -2.42. The molecule has 3 heteroatoms. The van der Waals surface area contributed by atoms with Crippen LogP contribution in [-0.4, -0.2) is 19.7 Å². The number of nitrogens with one attached hydrogen (secondary N) is 1. The van der Waals surface area contributed by atoms with E-state index in [1.54, 1.807) is 0 Å². The SMILES string of the molecule is Clc1ccc2c(c1)OCCC21CCNCC1. The van der Waals surface area contributed by atoms with Crippen LogP contribution in [0, 0.1) is 0 Å². The molecule has 0 unspecified atom stereocenters. The molecule has 0 radical (unpaired) electrons. The number of ether oxygens (including phenoxy) is 1. The van der Waals surface area contributed by atoms with E-state index < -0.39 is 0 Å². The van der Waals surface area contributed by atoms with Crippen molar-refractivity contribution in [1.82, 2.24) is 5.32 Å². The molecule has 2 aliphatic rings. The van der Waals surface area contributed by atoms with Gasteiger partial charge in [-0.1, -0.05) is 17.7 Å². The van der Waals surface area contributed by atoms with Gasteiger partial charge in [-0.2, -0.15) is 0 Å². The third-order valence-electron chi connectivity index (χ3n) is 3.91. The first-order chi connectivity index (χ1) is 7.80. The highest BCUT2D eigenvalue weighted by molar-refractivity contribution is 6.30. The Balaban J connectivity index is 2.04. The monoisotopic (exact) mass is 237 g/mol. The van der Waals surface area contributed by atoms with Crippen LogP contribution in [0.3, 0.4) is 0 Å². The predicted molar refractivity (Wildman–Crippen MR) is 65.3 cm³/mol. The minimum Gasteiger partial charge on any atom is -0.493 e. The molecule has 0 bridgehead atoms. The van der Waals surface area contributed by atoms with Crippen LogP contribution in [-0.2, 0) is 5.41 Å². The summed E-state index contributed by atoms with van der Waals surface area (Å²) < 4.78 is 5.73. The van der Waals surface area contributed by atoms with E-state index >= 15 is 0 Å². The summed E-state index contributed by atoms with van der Waals surface area (Å²) in [4.78, 5) is 0. The zero-order valence-electron chi connectivity index (χ0n) is 9.26. The van der Waals surface area contributed by atoms with Gasteiger partial charge >= 0.3 is 0 Å². The molecule has 16 heavy (non-hydrogen) atoms. The lowest BCUT2D eigenvalue weighted by molar-refractivity contribution is 0.180. The summed E-state index contributed by atoms with van der Waals surface area (Å²) in [6, 6.07) is 6.10. The number of hydrogen-bond donors (Lipinski definition) is 1. The number of benzene rings is 1. The fraction of sp³-hybridized carbons (Fsp3) is 0.538. The maximum atomic E-state index is 6.01. The van der Waals surface area contributed by atoms with Crippen molar-refractivity contribution in [3.63, 3.8) is 0 Å². The number of rotatable bonds is 0. The van der Waals surface area contributed by atoms with E-state index in [4.69, 9.17) is 16.3 Å². The largest absolute Gasteiger partial charge is 0.493 e. The van der Waals surface area contributed by atoms with Crippen LogP contribution in [0.2, 0.25) is 5.02 Å². The Kier molecular flexibility index (Phi) is 2.56. The summed E-state index contributed by atoms with van der Waals surface area (Å²) in [5.74, 6) is 1.00. The van der Waals surface area contributed by atoms with Crippen molar-refractivity contribution in [1.29, 1.82) is 0 Å². The first-order valence-corrected chi connectivity index (χ1v) is 6.32. The van der Waals surface area contributed by atoms with E-state index in [-0.39, 0.29) is 0 Å². The minimum absolute atomic E-state index is 0.337. The Morgan fingerprint density at radius 3 is 2.81 bits per heavy atom. The van der Waals surface area contributed by atoms with Crippen molar-refractivity contribution in [2.24, 2.45) is 0 Å². The number of fused-ring (bicyclic) bond motifs is 2. The summed E-state index contributed by atoms with van der Waals surface area (Å²) >= 11 is 6.01. The molecule has 0 aliphatic carbocycles. The third-order valence-corrected chi connectivity index (χ3v) is 4.15. The normalized spacial score (nSPS) is 22.6. The summed E-state index contributed by atoms with van der Waals surface area (Å²) in [6.45, 7) is 3.05. The van der Waals surface area contributed by atoms with Crippen LogP contribution in [0.15, 0.2) is 18.2 Å². The van der Waals surface area contributed by atoms with E-state index in [2.05, 4.69) is 11.4 Å². The maximum Gasteiger partial charge on any atom is 0.124 e. The second-order valence-corrected chi connectivity index (χ2v) is 5.21. The lowest BCUT2D eigenvalue weighted by Gasteiger charge is -2.42. The van der Waals surface area contributed by atoms with E-state index in [0.717, 1.165) is 36.9 Å². The van der Waals surface area contributed by atoms with E-state index in [0.29, 0.717) is 5.41 Å². The smallest absolute Gasteiger partial charge is 0.124 e. The molecule has 0 aromatic heterocycles. The molecular formula is C13H16ClNO. The molecule has 1 aromatic carbocycles. The van der Waals surface area contributed by atoms with E-state index in [1.165, 1.54) is 18.4 Å². The molecule has 1 spiro atoms. The standard InChI is InChI=1S/C13H16ClNO/c14-10-1-2-11-12(9-10)16-8-5-13(11)3-6-15-7-4-13/h1-2,9,15H,3-8H2. The number of piperidine rings is 1. The van der Waals surface area contributed by atoms with Crippen molar-refractivity contribution >= 4 is 11.6 Å². The van der Waals surface area contributed by atoms with Crippen molar-refractivity contribution in [3.8, 4) is 5.75 Å². The Bertz CT molecular complexity index is 399. The van der Waals surface area contributed by atoms with Crippen LogP contribution >= 0.6 is 11.6 Å². The van der Waals surface area contributed by atoms with Gasteiger partial charge in [-0.25, -0.2) is 0 Å². The van der Waals surface area contributed by atoms with Crippen LogP contribution in [0.1, 0.15) is 24.8 Å². The zero-order valence-corrected chi connectivity index (χ0v) is 10.0. The van der Waals surface area contributed by atoms with E-state index in [1.807, 2.05) is 12.1 Å². The summed E-state index contributed by atoms with van der Waals surface area (Å²) in [5, 5.41) is 4.20. The fourth-order valence-corrected chi connectivity index (χ4v) is 3.13. The zero-order chi connectivity index (χ0) is 11.0.